The average molecular weight is 301 g/mol. The van der Waals surface area contributed by atoms with Crippen molar-refractivity contribution in [1.29, 1.82) is 0 Å². The highest BCUT2D eigenvalue weighted by Gasteiger charge is 2.25. The fraction of sp³-hybridized carbons (Fsp3) is 0.636. The first-order valence-electron chi connectivity index (χ1n) is 5.82. The number of piperazine rings is 1. The maximum absolute atomic E-state index is 12.3. The number of halogens is 1. The second-order valence-electron chi connectivity index (χ2n) is 4.19. The van der Waals surface area contributed by atoms with Crippen LogP contribution in [0.4, 0.5) is 0 Å². The topological polar surface area (TPSA) is 41.4 Å². The molecule has 0 aliphatic carbocycles. The third kappa shape index (κ3) is 2.52. The van der Waals surface area contributed by atoms with Crippen molar-refractivity contribution < 1.29 is 4.79 Å². The Morgan fingerprint density at radius 1 is 1.41 bits per heavy atom. The smallest absolute Gasteiger partial charge is 0.273 e. The Hall–Kier alpha value is -0.880. The summed E-state index contributed by atoms with van der Waals surface area (Å²) < 4.78 is 2.39. The Morgan fingerprint density at radius 3 is 2.53 bits per heavy atom. The molecule has 1 fully saturated rings. The summed E-state index contributed by atoms with van der Waals surface area (Å²) in [6.45, 7) is 6.70. The summed E-state index contributed by atoms with van der Waals surface area (Å²) >= 11 is 3.37. The van der Waals surface area contributed by atoms with Crippen LogP contribution in [0.2, 0.25) is 0 Å². The molecule has 1 aromatic heterocycles. The van der Waals surface area contributed by atoms with Gasteiger partial charge < -0.3 is 9.80 Å². The number of hydrogen-bond acceptors (Lipinski definition) is 3. The van der Waals surface area contributed by atoms with Gasteiger partial charge in [0, 0.05) is 33.2 Å². The molecular weight excluding hydrogens is 284 g/mol. The predicted octanol–water partition coefficient (Wildman–Crippen LogP) is 0.960. The maximum atomic E-state index is 12.3. The van der Waals surface area contributed by atoms with E-state index in [1.165, 1.54) is 0 Å². The summed E-state index contributed by atoms with van der Waals surface area (Å²) in [7, 11) is 1.79. The summed E-state index contributed by atoms with van der Waals surface area (Å²) in [4.78, 5) is 16.6. The number of amides is 1. The summed E-state index contributed by atoms with van der Waals surface area (Å²) in [5.41, 5.74) is 0.634. The molecule has 1 aliphatic heterocycles. The highest BCUT2D eigenvalue weighted by molar-refractivity contribution is 9.10. The van der Waals surface area contributed by atoms with Crippen molar-refractivity contribution in [3.8, 4) is 0 Å². The van der Waals surface area contributed by atoms with Gasteiger partial charge in [-0.05, 0) is 22.5 Å². The van der Waals surface area contributed by atoms with Gasteiger partial charge in [-0.2, -0.15) is 5.10 Å². The van der Waals surface area contributed by atoms with Crippen LogP contribution >= 0.6 is 15.9 Å². The molecule has 0 spiro atoms. The largest absolute Gasteiger partial charge is 0.335 e. The van der Waals surface area contributed by atoms with Crippen LogP contribution in [0.5, 0.6) is 0 Å². The summed E-state index contributed by atoms with van der Waals surface area (Å²) in [6, 6.07) is 0. The highest BCUT2D eigenvalue weighted by Crippen LogP contribution is 2.18. The Bertz CT molecular complexity index is 390. The number of hydrogen-bond donors (Lipinski definition) is 0. The zero-order valence-electron chi connectivity index (χ0n) is 10.2. The van der Waals surface area contributed by atoms with Crippen molar-refractivity contribution in [3.05, 3.63) is 16.4 Å². The van der Waals surface area contributed by atoms with E-state index in [1.54, 1.807) is 17.9 Å². The fourth-order valence-electron chi connectivity index (χ4n) is 2.07. The maximum Gasteiger partial charge on any atom is 0.273 e. The zero-order valence-corrected chi connectivity index (χ0v) is 11.8. The van der Waals surface area contributed by atoms with Gasteiger partial charge in [-0.15, -0.1) is 0 Å². The molecule has 0 atom stereocenters. The molecule has 0 aromatic carbocycles. The SMILES string of the molecule is CCN1CCN(C(=O)c2c(Br)cnn2C)CC1. The normalized spacial score (nSPS) is 17.5. The van der Waals surface area contributed by atoms with Gasteiger partial charge in [-0.1, -0.05) is 6.92 Å². The molecule has 1 aromatic rings. The van der Waals surface area contributed by atoms with E-state index in [4.69, 9.17) is 0 Å². The lowest BCUT2D eigenvalue weighted by molar-refractivity contribution is 0.0631. The molecule has 1 aliphatic rings. The molecule has 5 nitrogen and oxygen atoms in total. The average Bonchev–Trinajstić information content (AvgIpc) is 2.68. The third-order valence-corrected chi connectivity index (χ3v) is 3.78. The van der Waals surface area contributed by atoms with Crippen molar-refractivity contribution in [3.63, 3.8) is 0 Å². The van der Waals surface area contributed by atoms with Crippen LogP contribution in [-0.2, 0) is 7.05 Å². The van der Waals surface area contributed by atoms with E-state index in [1.807, 2.05) is 4.90 Å². The number of rotatable bonds is 2. The Morgan fingerprint density at radius 2 is 2.06 bits per heavy atom. The first-order chi connectivity index (χ1) is 8.13. The first-order valence-corrected chi connectivity index (χ1v) is 6.62. The van der Waals surface area contributed by atoms with Crippen LogP contribution in [0.1, 0.15) is 17.4 Å². The second-order valence-corrected chi connectivity index (χ2v) is 5.05. The molecule has 2 heterocycles. The molecule has 1 amide bonds. The van der Waals surface area contributed by atoms with Crippen LogP contribution in [0.3, 0.4) is 0 Å². The Labute approximate surface area is 110 Å². The number of aryl methyl sites for hydroxylation is 1. The lowest BCUT2D eigenvalue weighted by Crippen LogP contribution is -2.48. The molecule has 2 rings (SSSR count). The van der Waals surface area contributed by atoms with Crippen molar-refractivity contribution >= 4 is 21.8 Å². The van der Waals surface area contributed by atoms with Crippen LogP contribution in [0.15, 0.2) is 10.7 Å². The van der Waals surface area contributed by atoms with E-state index in [0.29, 0.717) is 5.69 Å². The summed E-state index contributed by atoms with van der Waals surface area (Å²) in [5.74, 6) is 0.0626. The van der Waals surface area contributed by atoms with Gasteiger partial charge in [0.1, 0.15) is 5.69 Å². The molecule has 0 radical (unpaired) electrons. The van der Waals surface area contributed by atoms with Crippen LogP contribution < -0.4 is 0 Å². The molecule has 0 N–H and O–H groups in total. The molecule has 6 heteroatoms. The van der Waals surface area contributed by atoms with Crippen molar-refractivity contribution in [2.75, 3.05) is 32.7 Å². The minimum Gasteiger partial charge on any atom is -0.335 e. The number of nitrogens with zero attached hydrogens (tertiary/aromatic N) is 4. The Kier molecular flexibility index (Phi) is 3.83. The van der Waals surface area contributed by atoms with Crippen molar-refractivity contribution in [2.24, 2.45) is 7.05 Å². The van der Waals surface area contributed by atoms with E-state index in [0.717, 1.165) is 37.2 Å². The van der Waals surface area contributed by atoms with Crippen LogP contribution in [0, 0.1) is 0 Å². The molecular formula is C11H17BrN4O. The minimum absolute atomic E-state index is 0.0626. The molecule has 1 saturated heterocycles. The van der Waals surface area contributed by atoms with Gasteiger partial charge in [-0.25, -0.2) is 0 Å². The Balaban J connectivity index is 2.07. The second kappa shape index (κ2) is 5.18. The number of carbonyl (C=O) groups excluding carboxylic acids is 1. The van der Waals surface area contributed by atoms with E-state index in [2.05, 4.69) is 32.9 Å². The van der Waals surface area contributed by atoms with Gasteiger partial charge in [0.15, 0.2) is 0 Å². The van der Waals surface area contributed by atoms with Gasteiger partial charge in [0.2, 0.25) is 0 Å². The van der Waals surface area contributed by atoms with Crippen molar-refractivity contribution in [2.45, 2.75) is 6.92 Å². The van der Waals surface area contributed by atoms with E-state index >= 15 is 0 Å². The fourth-order valence-corrected chi connectivity index (χ4v) is 2.59. The predicted molar refractivity (Wildman–Crippen MR) is 68.9 cm³/mol. The summed E-state index contributed by atoms with van der Waals surface area (Å²) in [6.07, 6.45) is 1.66. The zero-order chi connectivity index (χ0) is 12.4. The summed E-state index contributed by atoms with van der Waals surface area (Å²) in [5, 5.41) is 4.08. The van der Waals surface area contributed by atoms with Crippen LogP contribution in [0.25, 0.3) is 0 Å². The number of likely N-dealkylation sites (N-methyl/N-ethyl adjacent to an activating group) is 1. The first kappa shape index (κ1) is 12.6. The van der Waals surface area contributed by atoms with Gasteiger partial charge >= 0.3 is 0 Å². The lowest BCUT2D eigenvalue weighted by atomic mass is 10.3. The molecule has 0 bridgehead atoms. The minimum atomic E-state index is 0.0626. The van der Waals surface area contributed by atoms with Crippen molar-refractivity contribution in [1.82, 2.24) is 19.6 Å². The van der Waals surface area contributed by atoms with Gasteiger partial charge in [-0.3, -0.25) is 9.48 Å². The van der Waals surface area contributed by atoms with E-state index in [9.17, 15) is 4.79 Å². The lowest BCUT2D eigenvalue weighted by Gasteiger charge is -2.34. The van der Waals surface area contributed by atoms with Gasteiger partial charge in [0.25, 0.3) is 5.91 Å². The quantitative estimate of drug-likeness (QED) is 0.817. The van der Waals surface area contributed by atoms with E-state index < -0.39 is 0 Å². The van der Waals surface area contributed by atoms with E-state index in [-0.39, 0.29) is 5.91 Å². The standard InChI is InChI=1S/C11H17BrN4O/c1-3-15-4-6-16(7-5-15)11(17)10-9(12)8-13-14(10)2/h8H,3-7H2,1-2H3. The van der Waals surface area contributed by atoms with Gasteiger partial charge in [0.05, 0.1) is 10.7 Å². The number of carbonyl (C=O) groups is 1. The highest BCUT2D eigenvalue weighted by atomic mass is 79.9. The molecule has 0 unspecified atom stereocenters. The molecule has 17 heavy (non-hydrogen) atoms. The molecule has 94 valence electrons. The van der Waals surface area contributed by atoms with Crippen LogP contribution in [-0.4, -0.2) is 58.2 Å². The number of aromatic nitrogens is 2. The monoisotopic (exact) mass is 300 g/mol. The third-order valence-electron chi connectivity index (χ3n) is 3.20. The molecule has 0 saturated carbocycles.